The van der Waals surface area contributed by atoms with E-state index in [1.807, 2.05) is 0 Å². The van der Waals surface area contributed by atoms with Crippen molar-refractivity contribution in [3.63, 3.8) is 0 Å². The van der Waals surface area contributed by atoms with Gasteiger partial charge in [-0.1, -0.05) is 34.6 Å². The van der Waals surface area contributed by atoms with Crippen molar-refractivity contribution < 1.29 is 34.0 Å². The monoisotopic (exact) mass is 587 g/mol. The maximum atomic E-state index is 12.2. The molecule has 8 fully saturated rings. The van der Waals surface area contributed by atoms with Gasteiger partial charge in [0, 0.05) is 12.0 Å². The molecular weight excluding hydrogens is 534 g/mol. The molecule has 8 heteroatoms. The lowest BCUT2D eigenvalue weighted by Gasteiger charge is -2.64. The number of ether oxygens (including phenoxy) is 4. The fourth-order valence-electron chi connectivity index (χ4n) is 13.3. The molecule has 3 unspecified atom stereocenters. The smallest absolute Gasteiger partial charge is 0.332 e. The van der Waals surface area contributed by atoms with Crippen LogP contribution in [0.25, 0.3) is 0 Å². The van der Waals surface area contributed by atoms with Crippen LogP contribution in [0.4, 0.5) is 0 Å². The second-order valence-electron chi connectivity index (χ2n) is 17.0. The summed E-state index contributed by atoms with van der Waals surface area (Å²) in [5.74, 6) is 0.611. The summed E-state index contributed by atoms with van der Waals surface area (Å²) in [6, 6.07) is 0.515. The Hall–Kier alpha value is -0.770. The third kappa shape index (κ3) is 3.43. The maximum Gasteiger partial charge on any atom is 0.332 e. The summed E-state index contributed by atoms with van der Waals surface area (Å²) < 4.78 is 24.7. The highest BCUT2D eigenvalue weighted by Crippen LogP contribution is 2.89. The first-order chi connectivity index (χ1) is 19.9. The van der Waals surface area contributed by atoms with Crippen molar-refractivity contribution in [2.24, 2.45) is 50.7 Å². The van der Waals surface area contributed by atoms with Crippen LogP contribution in [-0.4, -0.2) is 90.7 Å². The minimum Gasteiger partial charge on any atom is -0.479 e. The van der Waals surface area contributed by atoms with Gasteiger partial charge in [-0.05, 0) is 96.7 Å². The van der Waals surface area contributed by atoms with Crippen LogP contribution in [0.5, 0.6) is 0 Å². The SMILES string of the molecule is CC1C[C@H](C(=O)O)O[C@H]2C1[C@@]1(C)CC[C@@]34CC35CC[C@H](O[C@H]3CN(C6COC6)CCO3)C(C)(C)[C@@H]5CC[C@H]4[C@]1(C)[C@H]2O. The van der Waals surface area contributed by atoms with Crippen molar-refractivity contribution in [3.8, 4) is 0 Å². The Bertz CT molecular complexity index is 1130. The highest BCUT2D eigenvalue weighted by atomic mass is 16.7. The molecule has 2 N–H and O–H groups in total. The highest BCUT2D eigenvalue weighted by Gasteiger charge is 2.84. The third-order valence-electron chi connectivity index (χ3n) is 15.5. The number of hydrogen-bond donors (Lipinski definition) is 2. The van der Waals surface area contributed by atoms with Gasteiger partial charge in [0.2, 0.25) is 0 Å². The van der Waals surface area contributed by atoms with E-state index in [-0.39, 0.29) is 52.0 Å². The van der Waals surface area contributed by atoms with E-state index in [2.05, 4.69) is 39.5 Å². The van der Waals surface area contributed by atoms with Gasteiger partial charge in [0.05, 0.1) is 50.7 Å². The van der Waals surface area contributed by atoms with Gasteiger partial charge in [-0.25, -0.2) is 4.79 Å². The zero-order valence-corrected chi connectivity index (χ0v) is 26.3. The van der Waals surface area contributed by atoms with Gasteiger partial charge in [-0.15, -0.1) is 0 Å². The fraction of sp³-hybridized carbons (Fsp3) is 0.971. The summed E-state index contributed by atoms with van der Waals surface area (Å²) in [4.78, 5) is 14.4. The Kier molecular flexibility index (Phi) is 6.25. The molecular formula is C34H53NO7. The zero-order chi connectivity index (χ0) is 29.4. The number of hydrogen-bond acceptors (Lipinski definition) is 7. The summed E-state index contributed by atoms with van der Waals surface area (Å²) in [5.41, 5.74) is 0.361. The Balaban J connectivity index is 1.04. The van der Waals surface area contributed by atoms with Crippen molar-refractivity contribution in [3.05, 3.63) is 0 Å². The van der Waals surface area contributed by atoms with E-state index in [0.717, 1.165) is 52.2 Å². The lowest BCUT2D eigenvalue weighted by atomic mass is 9.41. The predicted octanol–water partition coefficient (Wildman–Crippen LogP) is 4.33. The van der Waals surface area contributed by atoms with Gasteiger partial charge < -0.3 is 29.2 Å². The molecule has 8 aliphatic rings. The Labute approximate surface area is 251 Å². The molecule has 3 saturated heterocycles. The van der Waals surface area contributed by atoms with E-state index in [1.54, 1.807) is 0 Å². The summed E-state index contributed by atoms with van der Waals surface area (Å²) in [7, 11) is 0. The van der Waals surface area contributed by atoms with Gasteiger partial charge in [-0.2, -0.15) is 0 Å². The molecule has 5 aliphatic carbocycles. The molecule has 2 spiro atoms. The average Bonchev–Trinajstić information content (AvgIpc) is 3.54. The molecule has 236 valence electrons. The van der Waals surface area contributed by atoms with E-state index in [0.29, 0.717) is 29.7 Å². The van der Waals surface area contributed by atoms with Crippen LogP contribution >= 0.6 is 0 Å². The van der Waals surface area contributed by atoms with Crippen LogP contribution in [0.3, 0.4) is 0 Å². The number of morpholine rings is 1. The van der Waals surface area contributed by atoms with Crippen LogP contribution in [0.1, 0.15) is 86.0 Å². The van der Waals surface area contributed by atoms with E-state index in [1.165, 1.54) is 25.7 Å². The van der Waals surface area contributed by atoms with Gasteiger partial charge in [0.25, 0.3) is 0 Å². The number of carboxylic acids is 1. The standard InChI is InChI=1S/C34H53NO7/c1-19-14-21(29(37)38)41-27-26(19)31(4)10-11-34-18-33(34)9-8-24(42-25-15-35(12-13-40-25)20-16-39-17-20)30(2,3)22(33)6-7-23(34)32(31,5)28(27)36/h19-28,36H,6-18H2,1-5H3,(H,37,38)/t19?,21-,22+,23+,24+,25+,26?,27+,28+,31-,32-,33?,34+/m1/s1. The van der Waals surface area contributed by atoms with Crippen LogP contribution in [0.2, 0.25) is 0 Å². The molecule has 3 heterocycles. The van der Waals surface area contributed by atoms with E-state index in [9.17, 15) is 15.0 Å². The number of aliphatic hydroxyl groups excluding tert-OH is 1. The van der Waals surface area contributed by atoms with Crippen LogP contribution in [0, 0.1) is 50.7 Å². The number of aliphatic hydroxyl groups is 1. The predicted molar refractivity (Wildman–Crippen MR) is 155 cm³/mol. The van der Waals surface area contributed by atoms with Crippen molar-refractivity contribution in [2.75, 3.05) is 32.9 Å². The Morgan fingerprint density at radius 2 is 1.74 bits per heavy atom. The molecule has 13 atom stereocenters. The van der Waals surface area contributed by atoms with Crippen molar-refractivity contribution in [2.45, 2.75) is 123 Å². The van der Waals surface area contributed by atoms with Crippen molar-refractivity contribution in [1.82, 2.24) is 4.90 Å². The maximum absolute atomic E-state index is 12.2. The van der Waals surface area contributed by atoms with Crippen LogP contribution in [-0.2, 0) is 23.7 Å². The first-order valence-corrected chi connectivity index (χ1v) is 17.0. The number of fused-ring (bicyclic) bond motifs is 4. The number of rotatable bonds is 4. The summed E-state index contributed by atoms with van der Waals surface area (Å²) in [6.45, 7) is 16.1. The molecule has 3 aliphatic heterocycles. The van der Waals surface area contributed by atoms with E-state index < -0.39 is 18.2 Å². The first-order valence-electron chi connectivity index (χ1n) is 17.0. The van der Waals surface area contributed by atoms with E-state index >= 15 is 0 Å². The Morgan fingerprint density at radius 1 is 1.00 bits per heavy atom. The molecule has 0 bridgehead atoms. The largest absolute Gasteiger partial charge is 0.479 e. The molecule has 8 nitrogen and oxygen atoms in total. The van der Waals surface area contributed by atoms with Gasteiger partial charge >= 0.3 is 5.97 Å². The minimum atomic E-state index is -0.889. The summed E-state index contributed by atoms with van der Waals surface area (Å²) >= 11 is 0. The quantitative estimate of drug-likeness (QED) is 0.502. The molecule has 0 radical (unpaired) electrons. The van der Waals surface area contributed by atoms with Crippen LogP contribution in [0.15, 0.2) is 0 Å². The van der Waals surface area contributed by atoms with E-state index in [4.69, 9.17) is 18.9 Å². The van der Waals surface area contributed by atoms with Crippen LogP contribution < -0.4 is 0 Å². The topological polar surface area (TPSA) is 97.7 Å². The summed E-state index contributed by atoms with van der Waals surface area (Å²) in [5, 5.41) is 22.0. The third-order valence-corrected chi connectivity index (χ3v) is 15.5. The molecule has 0 amide bonds. The van der Waals surface area contributed by atoms with Crippen molar-refractivity contribution >= 4 is 5.97 Å². The molecule has 0 aromatic heterocycles. The minimum absolute atomic E-state index is 0.0436. The number of carboxylic acid groups (broad SMARTS) is 1. The molecule has 42 heavy (non-hydrogen) atoms. The number of carbonyl (C=O) groups is 1. The highest BCUT2D eigenvalue weighted by molar-refractivity contribution is 5.72. The Morgan fingerprint density at radius 3 is 2.45 bits per heavy atom. The second kappa shape index (κ2) is 9.16. The average molecular weight is 588 g/mol. The first kappa shape index (κ1) is 28.7. The molecule has 5 saturated carbocycles. The fourth-order valence-corrected chi connectivity index (χ4v) is 13.3. The lowest BCUT2D eigenvalue weighted by Crippen LogP contribution is -2.60. The molecule has 8 rings (SSSR count). The van der Waals surface area contributed by atoms with Gasteiger partial charge in [0.1, 0.15) is 0 Å². The lowest BCUT2D eigenvalue weighted by molar-refractivity contribution is -0.256. The second-order valence-corrected chi connectivity index (χ2v) is 17.0. The zero-order valence-electron chi connectivity index (χ0n) is 26.3. The molecule has 0 aromatic rings. The number of nitrogens with zero attached hydrogens (tertiary/aromatic N) is 1. The van der Waals surface area contributed by atoms with Crippen molar-refractivity contribution in [1.29, 1.82) is 0 Å². The van der Waals surface area contributed by atoms with Gasteiger partial charge in [0.15, 0.2) is 12.4 Å². The summed E-state index contributed by atoms with van der Waals surface area (Å²) in [6.07, 6.45) is 6.99. The normalized spacial score (nSPS) is 56.7. The molecule has 0 aromatic carbocycles. The number of aliphatic carboxylic acids is 1. The van der Waals surface area contributed by atoms with Gasteiger partial charge in [-0.3, -0.25) is 4.90 Å².